The molecule has 0 radical (unpaired) electrons. The van der Waals surface area contributed by atoms with Crippen LogP contribution >= 0.6 is 0 Å². The predicted molar refractivity (Wildman–Crippen MR) is 49.3 cm³/mol. The second-order valence-electron chi connectivity index (χ2n) is 4.71. The molecule has 1 aliphatic carbocycles. The second kappa shape index (κ2) is 3.14. The molecule has 1 nitrogen and oxygen atoms in total. The molecule has 3 atom stereocenters. The maximum absolute atomic E-state index is 5.75. The van der Waals surface area contributed by atoms with Gasteiger partial charge in [0.2, 0.25) is 0 Å². The van der Waals surface area contributed by atoms with E-state index in [1.807, 2.05) is 0 Å². The monoisotopic (exact) mass is 155 g/mol. The quantitative estimate of drug-likeness (QED) is 0.618. The summed E-state index contributed by atoms with van der Waals surface area (Å²) < 4.78 is 0. The normalized spacial score (nSPS) is 45.8. The average molecular weight is 155 g/mol. The van der Waals surface area contributed by atoms with E-state index in [1.54, 1.807) is 0 Å². The Bertz CT molecular complexity index is 133. The van der Waals surface area contributed by atoms with Crippen LogP contribution in [-0.2, 0) is 0 Å². The van der Waals surface area contributed by atoms with Gasteiger partial charge in [-0.25, -0.2) is 0 Å². The van der Waals surface area contributed by atoms with Gasteiger partial charge < -0.3 is 5.73 Å². The van der Waals surface area contributed by atoms with E-state index in [-0.39, 0.29) is 0 Å². The van der Waals surface area contributed by atoms with Gasteiger partial charge in [0.25, 0.3) is 0 Å². The van der Waals surface area contributed by atoms with Crippen LogP contribution in [0.5, 0.6) is 0 Å². The summed E-state index contributed by atoms with van der Waals surface area (Å²) in [5, 5.41) is 0. The first-order valence-electron chi connectivity index (χ1n) is 4.77. The van der Waals surface area contributed by atoms with Crippen LogP contribution in [0.25, 0.3) is 0 Å². The maximum Gasteiger partial charge on any atom is -0.00231 e. The lowest BCUT2D eigenvalue weighted by atomic mass is 9.67. The molecule has 0 aromatic rings. The van der Waals surface area contributed by atoms with Crippen molar-refractivity contribution in [3.8, 4) is 0 Å². The van der Waals surface area contributed by atoms with Crippen molar-refractivity contribution in [1.29, 1.82) is 0 Å². The van der Waals surface area contributed by atoms with E-state index in [0.717, 1.165) is 18.4 Å². The third kappa shape index (κ3) is 1.96. The summed E-state index contributed by atoms with van der Waals surface area (Å²) in [6.07, 6.45) is 4.02. The number of nitrogens with two attached hydrogens (primary N) is 1. The smallest absolute Gasteiger partial charge is 0.00231 e. The van der Waals surface area contributed by atoms with E-state index in [0.29, 0.717) is 5.41 Å². The van der Waals surface area contributed by atoms with E-state index >= 15 is 0 Å². The fraction of sp³-hybridized carbons (Fsp3) is 1.00. The molecule has 0 aliphatic heterocycles. The first-order valence-corrected chi connectivity index (χ1v) is 4.77. The van der Waals surface area contributed by atoms with Gasteiger partial charge in [-0.05, 0) is 43.1 Å². The van der Waals surface area contributed by atoms with Crippen molar-refractivity contribution in [2.24, 2.45) is 23.0 Å². The van der Waals surface area contributed by atoms with Crippen LogP contribution in [0.1, 0.15) is 40.0 Å². The Balaban J connectivity index is 2.51. The van der Waals surface area contributed by atoms with Crippen LogP contribution in [-0.4, -0.2) is 6.54 Å². The van der Waals surface area contributed by atoms with Gasteiger partial charge in [-0.3, -0.25) is 0 Å². The molecule has 1 aliphatic rings. The predicted octanol–water partition coefficient (Wildman–Crippen LogP) is 2.41. The Morgan fingerprint density at radius 1 is 1.36 bits per heavy atom. The van der Waals surface area contributed by atoms with Gasteiger partial charge in [-0.1, -0.05) is 20.8 Å². The molecule has 0 bridgehead atoms. The molecule has 0 unspecified atom stereocenters. The third-order valence-corrected chi connectivity index (χ3v) is 3.48. The summed E-state index contributed by atoms with van der Waals surface area (Å²) >= 11 is 0. The molecule has 1 rings (SSSR count). The molecule has 0 aromatic heterocycles. The van der Waals surface area contributed by atoms with Gasteiger partial charge >= 0.3 is 0 Å². The van der Waals surface area contributed by atoms with Crippen molar-refractivity contribution in [2.45, 2.75) is 40.0 Å². The van der Waals surface area contributed by atoms with E-state index in [1.165, 1.54) is 19.3 Å². The molecule has 0 aromatic carbocycles. The summed E-state index contributed by atoms with van der Waals surface area (Å²) in [5.41, 5.74) is 6.20. The van der Waals surface area contributed by atoms with Gasteiger partial charge in [0.15, 0.2) is 0 Å². The molecule has 1 saturated carbocycles. The lowest BCUT2D eigenvalue weighted by Gasteiger charge is -2.39. The van der Waals surface area contributed by atoms with Crippen LogP contribution in [0, 0.1) is 17.3 Å². The van der Waals surface area contributed by atoms with Gasteiger partial charge in [0.1, 0.15) is 0 Å². The topological polar surface area (TPSA) is 26.0 Å². The Morgan fingerprint density at radius 2 is 2.00 bits per heavy atom. The molecule has 2 N–H and O–H groups in total. The van der Waals surface area contributed by atoms with Crippen molar-refractivity contribution >= 4 is 0 Å². The SMILES string of the molecule is C[C@@H]1CC[C@@](C)(CN)C[C@@H]1C. The number of hydrogen-bond acceptors (Lipinski definition) is 1. The highest BCUT2D eigenvalue weighted by Crippen LogP contribution is 2.40. The second-order valence-corrected chi connectivity index (χ2v) is 4.71. The average Bonchev–Trinajstić information content (AvgIpc) is 1.98. The van der Waals surface area contributed by atoms with Crippen LogP contribution in [0.4, 0.5) is 0 Å². The minimum atomic E-state index is 0.450. The molecule has 0 saturated heterocycles. The Morgan fingerprint density at radius 3 is 2.45 bits per heavy atom. The van der Waals surface area contributed by atoms with Crippen LogP contribution in [0.2, 0.25) is 0 Å². The van der Waals surface area contributed by atoms with Gasteiger partial charge in [-0.2, -0.15) is 0 Å². The highest BCUT2D eigenvalue weighted by atomic mass is 14.6. The molecular formula is C10H21N. The molecule has 0 spiro atoms. The van der Waals surface area contributed by atoms with Crippen LogP contribution < -0.4 is 5.73 Å². The largest absolute Gasteiger partial charge is 0.330 e. The summed E-state index contributed by atoms with van der Waals surface area (Å²) in [7, 11) is 0. The zero-order valence-electron chi connectivity index (χ0n) is 8.06. The molecule has 11 heavy (non-hydrogen) atoms. The molecule has 1 heteroatoms. The zero-order valence-corrected chi connectivity index (χ0v) is 8.06. The highest BCUT2D eigenvalue weighted by Gasteiger charge is 2.32. The number of rotatable bonds is 1. The summed E-state index contributed by atoms with van der Waals surface area (Å²) in [6.45, 7) is 7.91. The minimum Gasteiger partial charge on any atom is -0.330 e. The molecule has 0 amide bonds. The van der Waals surface area contributed by atoms with Gasteiger partial charge in [-0.15, -0.1) is 0 Å². The fourth-order valence-corrected chi connectivity index (χ4v) is 2.13. The highest BCUT2D eigenvalue weighted by molar-refractivity contribution is 4.84. The van der Waals surface area contributed by atoms with Crippen molar-refractivity contribution in [3.05, 3.63) is 0 Å². The van der Waals surface area contributed by atoms with E-state index < -0.39 is 0 Å². The van der Waals surface area contributed by atoms with Gasteiger partial charge in [0, 0.05) is 0 Å². The molecule has 66 valence electrons. The van der Waals surface area contributed by atoms with Crippen molar-refractivity contribution in [3.63, 3.8) is 0 Å². The number of hydrogen-bond donors (Lipinski definition) is 1. The maximum atomic E-state index is 5.75. The fourth-order valence-electron chi connectivity index (χ4n) is 2.13. The molecule has 0 heterocycles. The summed E-state index contributed by atoms with van der Waals surface area (Å²) in [5.74, 6) is 1.78. The van der Waals surface area contributed by atoms with Crippen LogP contribution in [0.15, 0.2) is 0 Å². The van der Waals surface area contributed by atoms with E-state index in [2.05, 4.69) is 20.8 Å². The molecular weight excluding hydrogens is 134 g/mol. The Hall–Kier alpha value is -0.0400. The standard InChI is InChI=1S/C10H21N/c1-8-4-5-10(3,7-11)6-9(8)2/h8-9H,4-7,11H2,1-3H3/t8-,9+,10-/m1/s1. The summed E-state index contributed by atoms with van der Waals surface area (Å²) in [4.78, 5) is 0. The van der Waals surface area contributed by atoms with Crippen molar-refractivity contribution < 1.29 is 0 Å². The van der Waals surface area contributed by atoms with Crippen LogP contribution in [0.3, 0.4) is 0 Å². The summed E-state index contributed by atoms with van der Waals surface area (Å²) in [6, 6.07) is 0. The lowest BCUT2D eigenvalue weighted by Crippen LogP contribution is -2.35. The Kier molecular flexibility index (Phi) is 2.58. The molecule has 1 fully saturated rings. The lowest BCUT2D eigenvalue weighted by molar-refractivity contribution is 0.129. The first kappa shape index (κ1) is 9.05. The zero-order chi connectivity index (χ0) is 8.48. The van der Waals surface area contributed by atoms with Gasteiger partial charge in [0.05, 0.1) is 0 Å². The third-order valence-electron chi connectivity index (χ3n) is 3.48. The van der Waals surface area contributed by atoms with E-state index in [4.69, 9.17) is 5.73 Å². The van der Waals surface area contributed by atoms with E-state index in [9.17, 15) is 0 Å². The first-order chi connectivity index (χ1) is 5.07. The minimum absolute atomic E-state index is 0.450. The van der Waals surface area contributed by atoms with Crippen molar-refractivity contribution in [2.75, 3.05) is 6.54 Å². The van der Waals surface area contributed by atoms with Crippen molar-refractivity contribution in [1.82, 2.24) is 0 Å². The Labute approximate surface area is 70.4 Å².